The number of rotatable bonds is 5. The lowest BCUT2D eigenvalue weighted by Crippen LogP contribution is -2.46. The molecule has 0 atom stereocenters. The van der Waals surface area contributed by atoms with Gasteiger partial charge in [0.1, 0.15) is 0 Å². The molecule has 1 aliphatic heterocycles. The molecule has 0 spiro atoms. The minimum atomic E-state index is 1.01. The van der Waals surface area contributed by atoms with Gasteiger partial charge in [-0.3, -0.25) is 9.80 Å². The van der Waals surface area contributed by atoms with E-state index in [1.165, 1.54) is 16.8 Å². The van der Waals surface area contributed by atoms with E-state index in [1.54, 1.807) is 0 Å². The molecule has 0 N–H and O–H groups in total. The van der Waals surface area contributed by atoms with E-state index in [0.717, 1.165) is 50.6 Å². The first kappa shape index (κ1) is 16.9. The molecule has 2 heterocycles. The van der Waals surface area contributed by atoms with Crippen LogP contribution < -0.4 is 0 Å². The van der Waals surface area contributed by atoms with Gasteiger partial charge in [0.15, 0.2) is 0 Å². The van der Waals surface area contributed by atoms with Gasteiger partial charge in [0.05, 0.1) is 11.4 Å². The molecule has 0 unspecified atom stereocenters. The van der Waals surface area contributed by atoms with Crippen LogP contribution in [0.2, 0.25) is 0 Å². The summed E-state index contributed by atoms with van der Waals surface area (Å²) in [6.45, 7) is 16.8. The summed E-state index contributed by atoms with van der Waals surface area (Å²) < 4.78 is 2.03. The summed E-state index contributed by atoms with van der Waals surface area (Å²) in [4.78, 5) is 5.03. The molecular formula is C20H28N4. The van der Waals surface area contributed by atoms with Crippen molar-refractivity contribution in [2.24, 2.45) is 0 Å². The summed E-state index contributed by atoms with van der Waals surface area (Å²) in [6, 6.07) is 10.9. The molecule has 2 aromatic rings. The Kier molecular flexibility index (Phi) is 5.17. The highest BCUT2D eigenvalue weighted by atomic mass is 15.3. The second-order valence-corrected chi connectivity index (χ2v) is 7.02. The second kappa shape index (κ2) is 7.32. The largest absolute Gasteiger partial charge is 0.297 e. The summed E-state index contributed by atoms with van der Waals surface area (Å²) >= 11 is 0. The average Bonchev–Trinajstić information content (AvgIpc) is 2.88. The Bertz CT molecular complexity index is 708. The van der Waals surface area contributed by atoms with Crippen LogP contribution in [-0.4, -0.2) is 52.3 Å². The summed E-state index contributed by atoms with van der Waals surface area (Å²) in [5.74, 6) is 0. The first-order valence-corrected chi connectivity index (χ1v) is 8.73. The lowest BCUT2D eigenvalue weighted by Gasteiger charge is -2.34. The monoisotopic (exact) mass is 324 g/mol. The molecule has 1 aromatic carbocycles. The van der Waals surface area contributed by atoms with Crippen LogP contribution >= 0.6 is 0 Å². The Morgan fingerprint density at radius 1 is 1.08 bits per heavy atom. The molecule has 1 fully saturated rings. The molecule has 24 heavy (non-hydrogen) atoms. The van der Waals surface area contributed by atoms with Gasteiger partial charge in [0.25, 0.3) is 0 Å². The zero-order valence-electron chi connectivity index (χ0n) is 15.1. The third kappa shape index (κ3) is 4.13. The number of nitrogens with zero attached hydrogens (tertiary/aromatic N) is 4. The van der Waals surface area contributed by atoms with E-state index in [4.69, 9.17) is 0 Å². The van der Waals surface area contributed by atoms with Crippen molar-refractivity contribution >= 4 is 0 Å². The highest BCUT2D eigenvalue weighted by Crippen LogP contribution is 2.16. The van der Waals surface area contributed by atoms with E-state index in [-0.39, 0.29) is 0 Å². The van der Waals surface area contributed by atoms with Gasteiger partial charge in [-0.15, -0.1) is 0 Å². The van der Waals surface area contributed by atoms with Gasteiger partial charge in [0.2, 0.25) is 0 Å². The Balaban J connectivity index is 1.64. The number of piperazine rings is 1. The van der Waals surface area contributed by atoms with Crippen molar-refractivity contribution in [2.45, 2.75) is 27.3 Å². The summed E-state index contributed by atoms with van der Waals surface area (Å²) in [6.07, 6.45) is 0. The minimum absolute atomic E-state index is 1.01. The molecule has 0 amide bonds. The van der Waals surface area contributed by atoms with Gasteiger partial charge in [-0.05, 0) is 44.5 Å². The van der Waals surface area contributed by atoms with Gasteiger partial charge in [-0.2, -0.15) is 5.10 Å². The molecule has 0 aliphatic carbocycles. The first-order valence-electron chi connectivity index (χ1n) is 8.73. The predicted octanol–water partition coefficient (Wildman–Crippen LogP) is 3.18. The summed E-state index contributed by atoms with van der Waals surface area (Å²) in [7, 11) is 0. The fourth-order valence-electron chi connectivity index (χ4n) is 3.42. The Morgan fingerprint density at radius 2 is 1.79 bits per heavy atom. The van der Waals surface area contributed by atoms with Gasteiger partial charge >= 0.3 is 0 Å². The smallest absolute Gasteiger partial charge is 0.0651 e. The molecule has 4 nitrogen and oxygen atoms in total. The predicted molar refractivity (Wildman–Crippen MR) is 99.6 cm³/mol. The molecule has 1 saturated heterocycles. The number of hydrogen-bond acceptors (Lipinski definition) is 3. The van der Waals surface area contributed by atoms with Crippen LogP contribution in [-0.2, 0) is 6.54 Å². The third-order valence-corrected chi connectivity index (χ3v) is 4.53. The van der Waals surface area contributed by atoms with Crippen LogP contribution in [0.3, 0.4) is 0 Å². The van der Waals surface area contributed by atoms with Crippen LogP contribution in [0, 0.1) is 13.8 Å². The first-order chi connectivity index (χ1) is 11.5. The van der Waals surface area contributed by atoms with E-state index in [9.17, 15) is 0 Å². The number of benzene rings is 1. The van der Waals surface area contributed by atoms with Crippen molar-refractivity contribution in [3.05, 3.63) is 59.4 Å². The number of aryl methyl sites for hydroxylation is 2. The van der Waals surface area contributed by atoms with Crippen LogP contribution in [0.15, 0.2) is 42.5 Å². The van der Waals surface area contributed by atoms with E-state index in [1.807, 2.05) is 11.6 Å². The maximum absolute atomic E-state index is 4.59. The van der Waals surface area contributed by atoms with E-state index < -0.39 is 0 Å². The van der Waals surface area contributed by atoms with Gasteiger partial charge in [-0.25, -0.2) is 4.68 Å². The molecule has 1 aliphatic rings. The van der Waals surface area contributed by atoms with Crippen LogP contribution in [0.25, 0.3) is 5.69 Å². The van der Waals surface area contributed by atoms with Crippen LogP contribution in [0.4, 0.5) is 0 Å². The maximum atomic E-state index is 4.59. The van der Waals surface area contributed by atoms with Crippen molar-refractivity contribution in [1.82, 2.24) is 19.6 Å². The summed E-state index contributed by atoms with van der Waals surface area (Å²) in [5, 5.41) is 4.59. The molecule has 4 heteroatoms. The quantitative estimate of drug-likeness (QED) is 0.790. The van der Waals surface area contributed by atoms with E-state index in [0.29, 0.717) is 0 Å². The van der Waals surface area contributed by atoms with Crippen molar-refractivity contribution in [3.8, 4) is 5.69 Å². The lowest BCUT2D eigenvalue weighted by atomic mass is 10.1. The van der Waals surface area contributed by atoms with Gasteiger partial charge in [-0.1, -0.05) is 24.3 Å². The average molecular weight is 324 g/mol. The summed E-state index contributed by atoms with van der Waals surface area (Å²) in [5.41, 5.74) is 6.00. The molecule has 0 radical (unpaired) electrons. The van der Waals surface area contributed by atoms with Crippen molar-refractivity contribution < 1.29 is 0 Å². The zero-order valence-corrected chi connectivity index (χ0v) is 15.1. The lowest BCUT2D eigenvalue weighted by molar-refractivity contribution is 0.135. The van der Waals surface area contributed by atoms with Gasteiger partial charge in [0, 0.05) is 45.0 Å². The SMILES string of the molecule is C=C(C)CN1CCN(Cc2cccc(-n3nc(C)cc3C)c2)CC1. The molecule has 3 rings (SSSR count). The van der Waals surface area contributed by atoms with E-state index in [2.05, 4.69) is 65.7 Å². The molecule has 0 saturated carbocycles. The fourth-order valence-corrected chi connectivity index (χ4v) is 3.42. The van der Waals surface area contributed by atoms with Crippen molar-refractivity contribution in [3.63, 3.8) is 0 Å². The molecule has 0 bridgehead atoms. The molecular weight excluding hydrogens is 296 g/mol. The normalized spacial score (nSPS) is 16.5. The van der Waals surface area contributed by atoms with E-state index >= 15 is 0 Å². The zero-order chi connectivity index (χ0) is 17.1. The third-order valence-electron chi connectivity index (χ3n) is 4.53. The van der Waals surface area contributed by atoms with Crippen molar-refractivity contribution in [1.29, 1.82) is 0 Å². The minimum Gasteiger partial charge on any atom is -0.297 e. The Hall–Kier alpha value is -1.91. The standard InChI is InChI=1S/C20H28N4/c1-16(2)14-22-8-10-23(11-9-22)15-19-6-5-7-20(13-19)24-18(4)12-17(3)21-24/h5-7,12-13H,1,8-11,14-15H2,2-4H3. The number of hydrogen-bond donors (Lipinski definition) is 0. The number of aromatic nitrogens is 2. The molecule has 1 aromatic heterocycles. The Labute approximate surface area is 145 Å². The highest BCUT2D eigenvalue weighted by molar-refractivity contribution is 5.37. The topological polar surface area (TPSA) is 24.3 Å². The maximum Gasteiger partial charge on any atom is 0.0651 e. The second-order valence-electron chi connectivity index (χ2n) is 7.02. The highest BCUT2D eigenvalue weighted by Gasteiger charge is 2.17. The van der Waals surface area contributed by atoms with Crippen molar-refractivity contribution in [2.75, 3.05) is 32.7 Å². The van der Waals surface area contributed by atoms with Crippen LogP contribution in [0.1, 0.15) is 23.9 Å². The van der Waals surface area contributed by atoms with Gasteiger partial charge < -0.3 is 0 Å². The van der Waals surface area contributed by atoms with Crippen LogP contribution in [0.5, 0.6) is 0 Å². The molecule has 128 valence electrons. The fraction of sp³-hybridized carbons (Fsp3) is 0.450. The Morgan fingerprint density at radius 3 is 2.42 bits per heavy atom.